The highest BCUT2D eigenvalue weighted by Crippen LogP contribution is 2.19. The molecule has 7 heteroatoms. The standard InChI is InChI=1S/C19H25N3O3S/c1-14-8-9-20-18(14)22(3)10-11-25-17-6-4-16(5-7-17)12-15(2)26-19(24)21-13-23/h4-9,13-15H,10-12H2,1-3H3,(H,21,23,24). The van der Waals surface area contributed by atoms with Crippen molar-refractivity contribution in [2.45, 2.75) is 25.5 Å². The summed E-state index contributed by atoms with van der Waals surface area (Å²) in [5, 5.41) is 1.89. The Kier molecular flexibility index (Phi) is 7.72. The Morgan fingerprint density at radius 2 is 2.15 bits per heavy atom. The van der Waals surface area contributed by atoms with Crippen LogP contribution in [0.1, 0.15) is 19.4 Å². The van der Waals surface area contributed by atoms with Crippen LogP contribution >= 0.6 is 11.8 Å². The third-order valence-corrected chi connectivity index (χ3v) is 4.91. The molecular weight excluding hydrogens is 350 g/mol. The van der Waals surface area contributed by atoms with E-state index < -0.39 is 0 Å². The minimum absolute atomic E-state index is 0.0816. The molecule has 6 nitrogen and oxygen atoms in total. The maximum Gasteiger partial charge on any atom is 0.285 e. The van der Waals surface area contributed by atoms with Gasteiger partial charge in [0.15, 0.2) is 0 Å². The van der Waals surface area contributed by atoms with Gasteiger partial charge in [0, 0.05) is 24.4 Å². The van der Waals surface area contributed by atoms with Crippen molar-refractivity contribution in [2.75, 3.05) is 20.2 Å². The van der Waals surface area contributed by atoms with E-state index >= 15 is 0 Å². The largest absolute Gasteiger partial charge is 0.492 e. The SMILES string of the molecule is CC(Cc1ccc(OCCN(C)C2=NC=CC2C)cc1)SC(=O)NC=O. The summed E-state index contributed by atoms with van der Waals surface area (Å²) in [5.41, 5.74) is 1.12. The van der Waals surface area contributed by atoms with E-state index in [0.29, 0.717) is 18.9 Å². The van der Waals surface area contributed by atoms with Crippen molar-refractivity contribution >= 4 is 29.2 Å². The molecular formula is C19H25N3O3S. The van der Waals surface area contributed by atoms with Crippen molar-refractivity contribution in [1.29, 1.82) is 0 Å². The van der Waals surface area contributed by atoms with Gasteiger partial charge in [0.25, 0.3) is 5.24 Å². The molecule has 1 N–H and O–H groups in total. The van der Waals surface area contributed by atoms with Crippen molar-refractivity contribution in [1.82, 2.24) is 10.2 Å². The van der Waals surface area contributed by atoms with Gasteiger partial charge in [-0.05, 0) is 24.1 Å². The molecule has 1 heterocycles. The molecule has 1 aromatic rings. The zero-order valence-electron chi connectivity index (χ0n) is 15.3. The summed E-state index contributed by atoms with van der Waals surface area (Å²) in [7, 11) is 2.02. The van der Waals surface area contributed by atoms with Crippen LogP contribution in [-0.2, 0) is 11.2 Å². The van der Waals surface area contributed by atoms with Gasteiger partial charge in [0.2, 0.25) is 6.41 Å². The molecule has 0 fully saturated rings. The molecule has 26 heavy (non-hydrogen) atoms. The number of imide groups is 1. The number of rotatable bonds is 8. The first-order valence-electron chi connectivity index (χ1n) is 8.57. The van der Waals surface area contributed by atoms with Gasteiger partial charge in [-0.1, -0.05) is 43.8 Å². The van der Waals surface area contributed by atoms with E-state index in [9.17, 15) is 9.59 Å². The Labute approximate surface area is 158 Å². The molecule has 0 aromatic heterocycles. The molecule has 0 bridgehead atoms. The Balaban J connectivity index is 1.73. The fourth-order valence-electron chi connectivity index (χ4n) is 2.67. The quantitative estimate of drug-likeness (QED) is 0.707. The lowest BCUT2D eigenvalue weighted by Crippen LogP contribution is -2.33. The van der Waals surface area contributed by atoms with Crippen LogP contribution in [0.2, 0.25) is 0 Å². The fraction of sp³-hybridized carbons (Fsp3) is 0.421. The molecule has 0 saturated carbocycles. The molecule has 0 saturated heterocycles. The predicted octanol–water partition coefficient (Wildman–Crippen LogP) is 3.09. The van der Waals surface area contributed by atoms with Crippen LogP contribution in [0.4, 0.5) is 4.79 Å². The summed E-state index contributed by atoms with van der Waals surface area (Å²) >= 11 is 1.12. The molecule has 2 rings (SSSR count). The smallest absolute Gasteiger partial charge is 0.285 e. The number of amides is 2. The van der Waals surface area contributed by atoms with Crippen LogP contribution in [0.3, 0.4) is 0 Å². The molecule has 1 aliphatic rings. The first kappa shape index (κ1) is 20.0. The Morgan fingerprint density at radius 3 is 2.77 bits per heavy atom. The van der Waals surface area contributed by atoms with Crippen LogP contribution in [0, 0.1) is 5.92 Å². The summed E-state index contributed by atoms with van der Waals surface area (Å²) in [6.45, 7) is 5.43. The van der Waals surface area contributed by atoms with E-state index in [1.165, 1.54) is 0 Å². The van der Waals surface area contributed by atoms with Gasteiger partial charge < -0.3 is 9.64 Å². The van der Waals surface area contributed by atoms with Crippen LogP contribution in [0.15, 0.2) is 41.5 Å². The molecule has 2 atom stereocenters. The third-order valence-electron chi connectivity index (χ3n) is 4.01. The average molecular weight is 375 g/mol. The second-order valence-electron chi connectivity index (χ2n) is 6.21. The first-order valence-corrected chi connectivity index (χ1v) is 9.45. The Bertz CT molecular complexity index is 673. The Morgan fingerprint density at radius 1 is 1.42 bits per heavy atom. The second kappa shape index (κ2) is 10.0. The van der Waals surface area contributed by atoms with E-state index in [1.54, 1.807) is 0 Å². The number of hydrogen-bond donors (Lipinski definition) is 1. The molecule has 2 amide bonds. The molecule has 1 aliphatic heterocycles. The number of nitrogens with zero attached hydrogens (tertiary/aromatic N) is 2. The normalized spacial score (nSPS) is 16.7. The zero-order chi connectivity index (χ0) is 18.9. The third kappa shape index (κ3) is 6.22. The topological polar surface area (TPSA) is 71.0 Å². The van der Waals surface area contributed by atoms with Gasteiger partial charge in [-0.15, -0.1) is 0 Å². The van der Waals surface area contributed by atoms with Gasteiger partial charge in [-0.3, -0.25) is 14.9 Å². The number of carbonyl (C=O) groups is 2. The van der Waals surface area contributed by atoms with Crippen LogP contribution in [0.5, 0.6) is 5.75 Å². The molecule has 1 aromatic carbocycles. The van der Waals surface area contributed by atoms with Gasteiger partial charge in [-0.2, -0.15) is 0 Å². The first-order chi connectivity index (χ1) is 12.5. The summed E-state index contributed by atoms with van der Waals surface area (Å²) in [4.78, 5) is 28.1. The van der Waals surface area contributed by atoms with E-state index in [0.717, 1.165) is 41.9 Å². The fourth-order valence-corrected chi connectivity index (χ4v) is 3.43. The summed E-state index contributed by atoms with van der Waals surface area (Å²) in [5.74, 6) is 2.24. The number of thioether (sulfide) groups is 1. The average Bonchev–Trinajstić information content (AvgIpc) is 3.02. The lowest BCUT2D eigenvalue weighted by atomic mass is 10.1. The van der Waals surface area contributed by atoms with Crippen molar-refractivity contribution in [3.8, 4) is 5.75 Å². The van der Waals surface area contributed by atoms with Crippen molar-refractivity contribution < 1.29 is 14.3 Å². The number of amidine groups is 1. The molecule has 2 unspecified atom stereocenters. The maximum absolute atomic E-state index is 11.4. The van der Waals surface area contributed by atoms with Gasteiger partial charge in [0.1, 0.15) is 18.2 Å². The highest BCUT2D eigenvalue weighted by atomic mass is 32.2. The number of aliphatic imine (C=N–C) groups is 1. The number of likely N-dealkylation sites (N-methyl/N-ethyl adjacent to an activating group) is 1. The van der Waals surface area contributed by atoms with E-state index in [1.807, 2.05) is 44.4 Å². The molecule has 0 radical (unpaired) electrons. The van der Waals surface area contributed by atoms with Gasteiger partial charge in [0.05, 0.1) is 6.54 Å². The zero-order valence-corrected chi connectivity index (χ0v) is 16.2. The lowest BCUT2D eigenvalue weighted by molar-refractivity contribution is -0.108. The van der Waals surface area contributed by atoms with Crippen molar-refractivity contribution in [3.05, 3.63) is 42.1 Å². The Hall–Kier alpha value is -2.28. The highest BCUT2D eigenvalue weighted by molar-refractivity contribution is 8.14. The van der Waals surface area contributed by atoms with E-state index in [-0.39, 0.29) is 10.5 Å². The van der Waals surface area contributed by atoms with Crippen molar-refractivity contribution in [3.63, 3.8) is 0 Å². The van der Waals surface area contributed by atoms with E-state index in [4.69, 9.17) is 4.74 Å². The van der Waals surface area contributed by atoms with Gasteiger partial charge >= 0.3 is 0 Å². The number of hydrogen-bond acceptors (Lipinski definition) is 6. The van der Waals surface area contributed by atoms with Crippen molar-refractivity contribution in [2.24, 2.45) is 10.9 Å². The minimum Gasteiger partial charge on any atom is -0.492 e. The predicted molar refractivity (Wildman–Crippen MR) is 106 cm³/mol. The summed E-state index contributed by atoms with van der Waals surface area (Å²) in [6.07, 6.45) is 5.07. The molecule has 0 aliphatic carbocycles. The van der Waals surface area contributed by atoms with Gasteiger partial charge in [-0.25, -0.2) is 4.99 Å². The number of carbonyl (C=O) groups excluding carboxylic acids is 2. The summed E-state index contributed by atoms with van der Waals surface area (Å²) in [6, 6.07) is 7.88. The molecule has 140 valence electrons. The lowest BCUT2D eigenvalue weighted by Gasteiger charge is -2.22. The highest BCUT2D eigenvalue weighted by Gasteiger charge is 2.15. The summed E-state index contributed by atoms with van der Waals surface area (Å²) < 4.78 is 5.80. The number of nitrogens with one attached hydrogen (secondary N) is 1. The van der Waals surface area contributed by atoms with E-state index in [2.05, 4.69) is 28.2 Å². The number of ether oxygens (including phenoxy) is 1. The monoisotopic (exact) mass is 375 g/mol. The maximum atomic E-state index is 11.4. The second-order valence-corrected chi connectivity index (χ2v) is 7.62. The number of benzene rings is 1. The van der Waals surface area contributed by atoms with Crippen LogP contribution < -0.4 is 10.1 Å². The van der Waals surface area contributed by atoms with Crippen LogP contribution in [-0.4, -0.2) is 47.8 Å². The van der Waals surface area contributed by atoms with Crippen LogP contribution in [0.25, 0.3) is 0 Å². The minimum atomic E-state index is -0.326. The molecule has 0 spiro atoms.